The van der Waals surface area contributed by atoms with E-state index in [-0.39, 0.29) is 24.9 Å². The lowest BCUT2D eigenvalue weighted by Gasteiger charge is -2.13. The van der Waals surface area contributed by atoms with Crippen LogP contribution in [0, 0.1) is 0 Å². The van der Waals surface area contributed by atoms with Crippen molar-refractivity contribution >= 4 is 52.2 Å². The van der Waals surface area contributed by atoms with Gasteiger partial charge in [-0.25, -0.2) is 0 Å². The molecular formula is C13H16Cl3N3O3. The maximum atomic E-state index is 10.9. The van der Waals surface area contributed by atoms with E-state index in [1.807, 2.05) is 0 Å². The van der Waals surface area contributed by atoms with Gasteiger partial charge in [-0.15, -0.1) is 0 Å². The summed E-state index contributed by atoms with van der Waals surface area (Å²) in [5.41, 5.74) is 6.08. The second-order valence-corrected chi connectivity index (χ2v) is 6.68. The fourth-order valence-corrected chi connectivity index (χ4v) is 1.56. The second-order valence-electron chi connectivity index (χ2n) is 4.39. The Hall–Kier alpha value is -1.21. The van der Waals surface area contributed by atoms with E-state index in [9.17, 15) is 9.90 Å². The van der Waals surface area contributed by atoms with Crippen molar-refractivity contribution in [3.8, 4) is 5.75 Å². The number of aliphatic imine (C=N–C) groups is 1. The first-order valence-corrected chi connectivity index (χ1v) is 7.37. The van der Waals surface area contributed by atoms with Crippen molar-refractivity contribution < 1.29 is 14.6 Å². The lowest BCUT2D eigenvalue weighted by Crippen LogP contribution is -2.30. The minimum absolute atomic E-state index is 0.00385. The molecule has 4 N–H and O–H groups in total. The number of anilines is 1. The van der Waals surface area contributed by atoms with Crippen LogP contribution >= 0.6 is 34.8 Å². The molecular weight excluding hydrogens is 353 g/mol. The Labute approximate surface area is 143 Å². The van der Waals surface area contributed by atoms with Crippen molar-refractivity contribution in [1.82, 2.24) is 0 Å². The van der Waals surface area contributed by atoms with Gasteiger partial charge in [0.1, 0.15) is 24.3 Å². The van der Waals surface area contributed by atoms with Crippen LogP contribution in [-0.2, 0) is 4.79 Å². The third-order valence-electron chi connectivity index (χ3n) is 2.38. The summed E-state index contributed by atoms with van der Waals surface area (Å²) in [5, 5.41) is 12.4. The van der Waals surface area contributed by atoms with E-state index in [4.69, 9.17) is 45.3 Å². The van der Waals surface area contributed by atoms with Crippen LogP contribution in [0.5, 0.6) is 5.75 Å². The van der Waals surface area contributed by atoms with Gasteiger partial charge in [-0.3, -0.25) is 9.79 Å². The molecule has 1 atom stereocenters. The highest BCUT2D eigenvalue weighted by Crippen LogP contribution is 2.25. The molecule has 6 nitrogen and oxygen atoms in total. The summed E-state index contributed by atoms with van der Waals surface area (Å²) in [6.07, 6.45) is -0.902. The van der Waals surface area contributed by atoms with Gasteiger partial charge < -0.3 is 20.9 Å². The van der Waals surface area contributed by atoms with Gasteiger partial charge in [0.2, 0.25) is 9.70 Å². The molecule has 122 valence electrons. The Morgan fingerprint density at radius 1 is 1.41 bits per heavy atom. The number of benzene rings is 1. The monoisotopic (exact) mass is 367 g/mol. The Balaban J connectivity index is 2.44. The standard InChI is InChI=1S/C13H16Cl3N3O3/c1-8(20)19-9-2-4-11(5-3-9)22-7-10(21)6-18-12(17)13(14,15)16/h2-5,10,21H,6-7H2,1H3,(H2,17,18)(H,19,20). The van der Waals surface area contributed by atoms with Crippen molar-refractivity contribution in [1.29, 1.82) is 0 Å². The maximum Gasteiger partial charge on any atom is 0.247 e. The van der Waals surface area contributed by atoms with Crippen LogP contribution in [0.2, 0.25) is 0 Å². The van der Waals surface area contributed by atoms with Crippen LogP contribution in [0.1, 0.15) is 6.92 Å². The number of carbonyl (C=O) groups is 1. The van der Waals surface area contributed by atoms with Crippen LogP contribution < -0.4 is 15.8 Å². The summed E-state index contributed by atoms with van der Waals surface area (Å²) in [4.78, 5) is 14.7. The van der Waals surface area contributed by atoms with Crippen LogP contribution in [0.4, 0.5) is 5.69 Å². The zero-order valence-corrected chi connectivity index (χ0v) is 14.0. The predicted octanol–water partition coefficient (Wildman–Crippen LogP) is 2.11. The molecule has 1 aromatic carbocycles. The molecule has 0 spiro atoms. The highest BCUT2D eigenvalue weighted by Gasteiger charge is 2.25. The quantitative estimate of drug-likeness (QED) is 0.407. The molecule has 1 unspecified atom stereocenters. The number of ether oxygens (including phenoxy) is 1. The number of amides is 1. The van der Waals surface area contributed by atoms with Crippen LogP contribution in [0.25, 0.3) is 0 Å². The third kappa shape index (κ3) is 7.17. The molecule has 1 amide bonds. The molecule has 22 heavy (non-hydrogen) atoms. The van der Waals surface area contributed by atoms with E-state index < -0.39 is 9.90 Å². The molecule has 0 aromatic heterocycles. The number of nitrogens with zero attached hydrogens (tertiary/aromatic N) is 1. The molecule has 0 saturated carbocycles. The Morgan fingerprint density at radius 2 is 2.00 bits per heavy atom. The maximum absolute atomic E-state index is 10.9. The van der Waals surface area contributed by atoms with Crippen molar-refractivity contribution in [2.75, 3.05) is 18.5 Å². The molecule has 0 fully saturated rings. The molecule has 0 heterocycles. The normalized spacial score (nSPS) is 13.6. The molecule has 0 aliphatic rings. The zero-order chi connectivity index (χ0) is 16.8. The SMILES string of the molecule is CC(=O)Nc1ccc(OCC(O)CN=C(N)C(Cl)(Cl)Cl)cc1. The predicted molar refractivity (Wildman–Crippen MR) is 89.0 cm³/mol. The van der Waals surface area contributed by atoms with Gasteiger partial charge >= 0.3 is 0 Å². The Kier molecular flexibility index (Phi) is 7.22. The number of alkyl halides is 3. The van der Waals surface area contributed by atoms with Crippen LogP contribution in [-0.4, -0.2) is 39.9 Å². The molecule has 1 aromatic rings. The van der Waals surface area contributed by atoms with Gasteiger partial charge in [-0.1, -0.05) is 34.8 Å². The molecule has 9 heteroatoms. The fraction of sp³-hybridized carbons (Fsp3) is 0.385. The minimum atomic E-state index is -1.79. The van der Waals surface area contributed by atoms with E-state index in [0.29, 0.717) is 11.4 Å². The average Bonchev–Trinajstić information content (AvgIpc) is 2.42. The number of aliphatic hydroxyl groups excluding tert-OH is 1. The Bertz CT molecular complexity index is 530. The first kappa shape index (κ1) is 18.8. The van der Waals surface area contributed by atoms with E-state index in [1.54, 1.807) is 24.3 Å². The number of amidine groups is 1. The minimum Gasteiger partial charge on any atom is -0.491 e. The molecule has 1 rings (SSSR count). The first-order valence-electron chi connectivity index (χ1n) is 6.24. The summed E-state index contributed by atoms with van der Waals surface area (Å²) >= 11 is 16.6. The van der Waals surface area contributed by atoms with Gasteiger partial charge in [0.25, 0.3) is 0 Å². The molecule has 0 aliphatic carbocycles. The average molecular weight is 369 g/mol. The summed E-state index contributed by atoms with van der Waals surface area (Å²) in [6, 6.07) is 6.69. The summed E-state index contributed by atoms with van der Waals surface area (Å²) in [6.45, 7) is 1.37. The van der Waals surface area contributed by atoms with E-state index in [1.165, 1.54) is 6.92 Å². The number of carbonyl (C=O) groups excluding carboxylic acids is 1. The topological polar surface area (TPSA) is 96.9 Å². The highest BCUT2D eigenvalue weighted by molar-refractivity contribution is 6.76. The zero-order valence-electron chi connectivity index (χ0n) is 11.7. The number of halogens is 3. The number of hydrogen-bond donors (Lipinski definition) is 3. The second kappa shape index (κ2) is 8.43. The van der Waals surface area contributed by atoms with Gasteiger partial charge in [-0.05, 0) is 24.3 Å². The number of aliphatic hydroxyl groups is 1. The fourth-order valence-electron chi connectivity index (χ4n) is 1.38. The lowest BCUT2D eigenvalue weighted by molar-refractivity contribution is -0.114. The molecule has 0 bridgehead atoms. The van der Waals surface area contributed by atoms with Crippen LogP contribution in [0.3, 0.4) is 0 Å². The number of nitrogens with one attached hydrogen (secondary N) is 1. The number of hydrogen-bond acceptors (Lipinski definition) is 4. The molecule has 0 aliphatic heterocycles. The summed E-state index contributed by atoms with van der Waals surface area (Å²) in [7, 11) is 0. The number of nitrogens with two attached hydrogens (primary N) is 1. The Morgan fingerprint density at radius 3 is 2.50 bits per heavy atom. The summed E-state index contributed by atoms with van der Waals surface area (Å²) in [5.74, 6) is 0.177. The van der Waals surface area contributed by atoms with E-state index in [0.717, 1.165) is 0 Å². The van der Waals surface area contributed by atoms with Gasteiger partial charge in [-0.2, -0.15) is 0 Å². The van der Waals surface area contributed by atoms with Crippen molar-refractivity contribution in [2.24, 2.45) is 10.7 Å². The number of rotatable bonds is 6. The lowest BCUT2D eigenvalue weighted by atomic mass is 10.3. The van der Waals surface area contributed by atoms with Crippen molar-refractivity contribution in [3.63, 3.8) is 0 Å². The molecule has 0 radical (unpaired) electrons. The van der Waals surface area contributed by atoms with E-state index in [2.05, 4.69) is 10.3 Å². The van der Waals surface area contributed by atoms with Gasteiger partial charge in [0.05, 0.1) is 6.54 Å². The largest absolute Gasteiger partial charge is 0.491 e. The highest BCUT2D eigenvalue weighted by atomic mass is 35.6. The smallest absolute Gasteiger partial charge is 0.247 e. The van der Waals surface area contributed by atoms with Gasteiger partial charge in [0, 0.05) is 12.6 Å². The van der Waals surface area contributed by atoms with E-state index >= 15 is 0 Å². The molecule has 0 saturated heterocycles. The van der Waals surface area contributed by atoms with Crippen LogP contribution in [0.15, 0.2) is 29.3 Å². The first-order chi connectivity index (χ1) is 10.2. The summed E-state index contributed by atoms with van der Waals surface area (Å²) < 4.78 is 3.58. The third-order valence-corrected chi connectivity index (χ3v) is 2.96. The van der Waals surface area contributed by atoms with Crippen molar-refractivity contribution in [2.45, 2.75) is 16.8 Å². The van der Waals surface area contributed by atoms with Gasteiger partial charge in [0.15, 0.2) is 0 Å². The van der Waals surface area contributed by atoms with Crippen molar-refractivity contribution in [3.05, 3.63) is 24.3 Å².